The molecule has 180 valence electrons. The lowest BCUT2D eigenvalue weighted by Crippen LogP contribution is -2.02. The molecule has 2 heterocycles. The first kappa shape index (κ1) is 23.3. The Balaban J connectivity index is 1.44. The SMILES string of the molecule is N#Cc1c(Nc2ccc(-c3nc4ccc(C(=O)O)cc4[nH]3)cc2)nc(=S)[nH]c1-c1ccc([N+](=O)[O-])cc1. The number of nitro benzene ring substituents is 1. The van der Waals surface area contributed by atoms with E-state index >= 15 is 0 Å². The molecule has 0 aliphatic carbocycles. The van der Waals surface area contributed by atoms with E-state index in [-0.39, 0.29) is 27.4 Å². The molecule has 37 heavy (non-hydrogen) atoms. The molecule has 0 spiro atoms. The molecule has 0 fully saturated rings. The van der Waals surface area contributed by atoms with E-state index in [9.17, 15) is 25.3 Å². The van der Waals surface area contributed by atoms with Gasteiger partial charge in [0.25, 0.3) is 5.69 Å². The summed E-state index contributed by atoms with van der Waals surface area (Å²) in [6.45, 7) is 0. The van der Waals surface area contributed by atoms with Gasteiger partial charge in [-0.2, -0.15) is 5.26 Å². The van der Waals surface area contributed by atoms with Gasteiger partial charge in [-0.15, -0.1) is 0 Å². The van der Waals surface area contributed by atoms with Crippen LogP contribution < -0.4 is 5.32 Å². The second-order valence-corrected chi connectivity index (χ2v) is 8.27. The molecular weight excluding hydrogens is 494 g/mol. The maximum absolute atomic E-state index is 11.2. The number of fused-ring (bicyclic) bond motifs is 1. The van der Waals surface area contributed by atoms with E-state index in [1.165, 1.54) is 36.4 Å². The molecule has 0 aliphatic rings. The fraction of sp³-hybridized carbons (Fsp3) is 0. The number of imidazole rings is 1. The number of H-pyrrole nitrogens is 2. The lowest BCUT2D eigenvalue weighted by atomic mass is 10.1. The number of non-ortho nitro benzene ring substituents is 1. The van der Waals surface area contributed by atoms with E-state index in [1.54, 1.807) is 18.2 Å². The molecule has 4 N–H and O–H groups in total. The number of nitriles is 1. The molecule has 0 amide bonds. The maximum atomic E-state index is 11.2. The van der Waals surface area contributed by atoms with Crippen molar-refractivity contribution in [3.8, 4) is 28.7 Å². The van der Waals surface area contributed by atoms with Crippen molar-refractivity contribution >= 4 is 46.4 Å². The zero-order chi connectivity index (χ0) is 26.1. The third-order valence-corrected chi connectivity index (χ3v) is 5.75. The van der Waals surface area contributed by atoms with Gasteiger partial charge in [-0.25, -0.2) is 14.8 Å². The molecule has 3 aromatic carbocycles. The Kier molecular flexibility index (Phi) is 5.88. The first-order valence-electron chi connectivity index (χ1n) is 10.7. The Labute approximate surface area is 213 Å². The number of aromatic carboxylic acids is 1. The Hall–Kier alpha value is -5.41. The van der Waals surface area contributed by atoms with Crippen LogP contribution in [0.3, 0.4) is 0 Å². The summed E-state index contributed by atoms with van der Waals surface area (Å²) in [5.41, 5.74) is 3.87. The number of hydrogen-bond acceptors (Lipinski definition) is 8. The van der Waals surface area contributed by atoms with Crippen LogP contribution in [0.15, 0.2) is 66.7 Å². The van der Waals surface area contributed by atoms with Crippen molar-refractivity contribution in [2.45, 2.75) is 0 Å². The number of aromatic amines is 2. The van der Waals surface area contributed by atoms with Crippen molar-refractivity contribution in [2.24, 2.45) is 0 Å². The molecule has 0 unspecified atom stereocenters. The second-order valence-electron chi connectivity index (χ2n) is 7.88. The third-order valence-electron chi connectivity index (χ3n) is 5.56. The first-order chi connectivity index (χ1) is 17.8. The number of anilines is 2. The standard InChI is InChI=1S/C25H15N7O4S/c26-12-18-21(13-3-8-17(9-4-13)32(35)36)30-25(37)31-23(18)27-16-6-1-14(2-7-16)22-28-19-10-5-15(24(33)34)11-20(19)29-22/h1-11H,(H,28,29)(H,33,34)(H2,27,30,31,37). The summed E-state index contributed by atoms with van der Waals surface area (Å²) >= 11 is 5.25. The summed E-state index contributed by atoms with van der Waals surface area (Å²) in [6, 6.07) is 19.7. The van der Waals surface area contributed by atoms with Crippen molar-refractivity contribution in [2.75, 3.05) is 5.32 Å². The van der Waals surface area contributed by atoms with Crippen LogP contribution in [0.2, 0.25) is 0 Å². The lowest BCUT2D eigenvalue weighted by molar-refractivity contribution is -0.384. The summed E-state index contributed by atoms with van der Waals surface area (Å²) in [5.74, 6) is -0.212. The van der Waals surface area contributed by atoms with Gasteiger partial charge >= 0.3 is 5.97 Å². The van der Waals surface area contributed by atoms with Crippen LogP contribution in [0, 0.1) is 26.2 Å². The average molecular weight is 510 g/mol. The number of aromatic nitrogens is 4. The molecule has 0 atom stereocenters. The van der Waals surface area contributed by atoms with Crippen molar-refractivity contribution in [3.63, 3.8) is 0 Å². The number of carboxylic acids is 1. The quantitative estimate of drug-likeness (QED) is 0.130. The van der Waals surface area contributed by atoms with E-state index in [1.807, 2.05) is 12.1 Å². The van der Waals surface area contributed by atoms with Crippen LogP contribution in [0.4, 0.5) is 17.2 Å². The smallest absolute Gasteiger partial charge is 0.335 e. The molecule has 11 nitrogen and oxygen atoms in total. The molecule has 5 rings (SSSR count). The first-order valence-corrected chi connectivity index (χ1v) is 11.1. The highest BCUT2D eigenvalue weighted by Gasteiger charge is 2.15. The Morgan fingerprint density at radius 1 is 1.03 bits per heavy atom. The Morgan fingerprint density at radius 3 is 2.38 bits per heavy atom. The van der Waals surface area contributed by atoms with Gasteiger partial charge in [-0.1, -0.05) is 0 Å². The fourth-order valence-corrected chi connectivity index (χ4v) is 3.96. The topological polar surface area (TPSA) is 174 Å². The largest absolute Gasteiger partial charge is 0.478 e. The zero-order valence-corrected chi connectivity index (χ0v) is 19.5. The molecule has 0 aliphatic heterocycles. The third kappa shape index (κ3) is 4.62. The van der Waals surface area contributed by atoms with Crippen molar-refractivity contribution in [3.05, 3.63) is 92.7 Å². The maximum Gasteiger partial charge on any atom is 0.335 e. The summed E-state index contributed by atoms with van der Waals surface area (Å²) in [5, 5.41) is 33.1. The van der Waals surface area contributed by atoms with Crippen LogP contribution >= 0.6 is 12.2 Å². The molecule has 5 aromatic rings. The zero-order valence-electron chi connectivity index (χ0n) is 18.7. The molecule has 0 saturated carbocycles. The van der Waals surface area contributed by atoms with Crippen molar-refractivity contribution in [1.82, 2.24) is 19.9 Å². The molecule has 2 aromatic heterocycles. The van der Waals surface area contributed by atoms with Crippen LogP contribution in [-0.4, -0.2) is 35.9 Å². The monoisotopic (exact) mass is 509 g/mol. The number of benzene rings is 3. The van der Waals surface area contributed by atoms with Gasteiger partial charge < -0.3 is 20.4 Å². The number of nitrogens with zero attached hydrogens (tertiary/aromatic N) is 4. The van der Waals surface area contributed by atoms with E-state index in [0.717, 1.165) is 5.56 Å². The van der Waals surface area contributed by atoms with Gasteiger partial charge in [0.15, 0.2) is 10.6 Å². The minimum absolute atomic E-state index is 0.0693. The molecular formula is C25H15N7O4S. The van der Waals surface area contributed by atoms with E-state index in [2.05, 4.69) is 31.3 Å². The van der Waals surface area contributed by atoms with Crippen LogP contribution in [0.25, 0.3) is 33.7 Å². The van der Waals surface area contributed by atoms with Gasteiger partial charge in [0.05, 0.1) is 27.2 Å². The summed E-state index contributed by atoms with van der Waals surface area (Å²) in [6.07, 6.45) is 0. The normalized spacial score (nSPS) is 10.7. The molecule has 0 radical (unpaired) electrons. The average Bonchev–Trinajstić information content (AvgIpc) is 3.32. The number of carboxylic acid groups (broad SMARTS) is 1. The predicted molar refractivity (Wildman–Crippen MR) is 138 cm³/mol. The predicted octanol–water partition coefficient (Wildman–Crippen LogP) is 5.57. The van der Waals surface area contributed by atoms with Gasteiger partial charge in [-0.05, 0) is 72.4 Å². The minimum Gasteiger partial charge on any atom is -0.478 e. The van der Waals surface area contributed by atoms with Crippen LogP contribution in [0.1, 0.15) is 15.9 Å². The molecule has 12 heteroatoms. The van der Waals surface area contributed by atoms with Crippen LogP contribution in [-0.2, 0) is 0 Å². The number of rotatable bonds is 6. The van der Waals surface area contributed by atoms with E-state index < -0.39 is 10.9 Å². The highest BCUT2D eigenvalue weighted by Crippen LogP contribution is 2.30. The number of hydrogen-bond donors (Lipinski definition) is 4. The minimum atomic E-state index is -1.02. The van der Waals surface area contributed by atoms with Crippen LogP contribution in [0.5, 0.6) is 0 Å². The van der Waals surface area contributed by atoms with E-state index in [0.29, 0.717) is 33.8 Å². The fourth-order valence-electron chi connectivity index (χ4n) is 3.77. The van der Waals surface area contributed by atoms with Gasteiger partial charge in [0.1, 0.15) is 17.5 Å². The van der Waals surface area contributed by atoms with Gasteiger partial charge in [0, 0.05) is 23.4 Å². The van der Waals surface area contributed by atoms with Crippen molar-refractivity contribution in [1.29, 1.82) is 5.26 Å². The number of carbonyl (C=O) groups is 1. The Morgan fingerprint density at radius 2 is 1.73 bits per heavy atom. The van der Waals surface area contributed by atoms with Gasteiger partial charge in [-0.3, -0.25) is 10.1 Å². The van der Waals surface area contributed by atoms with Crippen molar-refractivity contribution < 1.29 is 14.8 Å². The van der Waals surface area contributed by atoms with E-state index in [4.69, 9.17) is 12.2 Å². The highest BCUT2D eigenvalue weighted by atomic mass is 32.1. The van der Waals surface area contributed by atoms with Gasteiger partial charge in [0.2, 0.25) is 0 Å². The number of nitro groups is 1. The summed E-state index contributed by atoms with van der Waals surface area (Å²) < 4.78 is 0.134. The Bertz CT molecular complexity index is 1790. The molecule has 0 saturated heterocycles. The summed E-state index contributed by atoms with van der Waals surface area (Å²) in [7, 11) is 0. The number of nitrogens with one attached hydrogen (secondary N) is 3. The second kappa shape index (κ2) is 9.33. The lowest BCUT2D eigenvalue weighted by Gasteiger charge is -2.11. The highest BCUT2D eigenvalue weighted by molar-refractivity contribution is 7.71. The summed E-state index contributed by atoms with van der Waals surface area (Å²) in [4.78, 5) is 36.5. The molecule has 0 bridgehead atoms.